The molecule has 0 saturated carbocycles. The maximum absolute atomic E-state index is 3.48. The third-order valence-electron chi connectivity index (χ3n) is 2.66. The van der Waals surface area contributed by atoms with Crippen LogP contribution in [0.5, 0.6) is 0 Å². The summed E-state index contributed by atoms with van der Waals surface area (Å²) in [6, 6.07) is 0.699. The van der Waals surface area contributed by atoms with Crippen molar-refractivity contribution in [2.45, 2.75) is 26.3 Å². The number of rotatable bonds is 3. The van der Waals surface area contributed by atoms with E-state index in [0.717, 1.165) is 12.5 Å². The van der Waals surface area contributed by atoms with Crippen molar-refractivity contribution in [1.82, 2.24) is 10.2 Å². The maximum Gasteiger partial charge on any atom is 0.00795 e. The fourth-order valence-corrected chi connectivity index (χ4v) is 1.87. The lowest BCUT2D eigenvalue weighted by Crippen LogP contribution is -2.34. The van der Waals surface area contributed by atoms with Crippen molar-refractivity contribution in [3.8, 4) is 0 Å². The Balaban J connectivity index is 2.25. The molecule has 2 atom stereocenters. The highest BCUT2D eigenvalue weighted by Gasteiger charge is 2.23. The summed E-state index contributed by atoms with van der Waals surface area (Å²) in [7, 11) is 2.21. The number of nitrogens with one attached hydrogen (secondary N) is 1. The summed E-state index contributed by atoms with van der Waals surface area (Å²) in [5.41, 5.74) is 0. The van der Waals surface area contributed by atoms with Crippen LogP contribution in [0.25, 0.3) is 0 Å². The van der Waals surface area contributed by atoms with Gasteiger partial charge in [0.15, 0.2) is 0 Å². The van der Waals surface area contributed by atoms with E-state index in [4.69, 9.17) is 0 Å². The quantitative estimate of drug-likeness (QED) is 0.654. The van der Waals surface area contributed by atoms with Gasteiger partial charge in [-0.3, -0.25) is 0 Å². The fraction of sp³-hybridized carbons (Fsp3) is 1.00. The molecule has 1 rings (SSSR count). The number of nitrogens with zero attached hydrogens (tertiary/aromatic N) is 1. The Hall–Kier alpha value is -0.0800. The van der Waals surface area contributed by atoms with Crippen molar-refractivity contribution in [2.24, 2.45) is 5.92 Å². The van der Waals surface area contributed by atoms with E-state index in [9.17, 15) is 0 Å². The molecule has 2 nitrogen and oxygen atoms in total. The number of hydrogen-bond acceptors (Lipinski definition) is 2. The van der Waals surface area contributed by atoms with Crippen LogP contribution >= 0.6 is 0 Å². The molecule has 66 valence electrons. The van der Waals surface area contributed by atoms with E-state index in [0.29, 0.717) is 6.04 Å². The molecule has 1 N–H and O–H groups in total. The van der Waals surface area contributed by atoms with Gasteiger partial charge in [0.25, 0.3) is 0 Å². The minimum absolute atomic E-state index is 0.699. The van der Waals surface area contributed by atoms with E-state index in [-0.39, 0.29) is 0 Å². The first-order chi connectivity index (χ1) is 5.24. The summed E-state index contributed by atoms with van der Waals surface area (Å²) in [5, 5.41) is 3.48. The van der Waals surface area contributed by atoms with Crippen LogP contribution in [-0.4, -0.2) is 37.6 Å². The summed E-state index contributed by atoms with van der Waals surface area (Å²) in [4.78, 5) is 2.42. The summed E-state index contributed by atoms with van der Waals surface area (Å²) >= 11 is 0. The molecule has 0 bridgehead atoms. The molecule has 0 aromatic carbocycles. The molecule has 11 heavy (non-hydrogen) atoms. The third kappa shape index (κ3) is 2.46. The first kappa shape index (κ1) is 9.01. The van der Waals surface area contributed by atoms with Crippen molar-refractivity contribution in [3.05, 3.63) is 0 Å². The Bertz CT molecular complexity index is 114. The molecule has 0 aromatic heterocycles. The first-order valence-electron chi connectivity index (χ1n) is 4.66. The summed E-state index contributed by atoms with van der Waals surface area (Å²) in [6.07, 6.45) is 1.37. The highest BCUT2D eigenvalue weighted by molar-refractivity contribution is 4.80. The number of hydrogen-bond donors (Lipinski definition) is 1. The van der Waals surface area contributed by atoms with Gasteiger partial charge in [0.1, 0.15) is 0 Å². The van der Waals surface area contributed by atoms with Crippen molar-refractivity contribution >= 4 is 0 Å². The topological polar surface area (TPSA) is 15.3 Å². The van der Waals surface area contributed by atoms with Crippen LogP contribution in [-0.2, 0) is 0 Å². The highest BCUT2D eigenvalue weighted by atomic mass is 15.1. The van der Waals surface area contributed by atoms with Crippen molar-refractivity contribution in [3.63, 3.8) is 0 Å². The predicted molar refractivity (Wildman–Crippen MR) is 48.7 cm³/mol. The molecule has 2 heteroatoms. The molecule has 0 aromatic rings. The monoisotopic (exact) mass is 156 g/mol. The Morgan fingerprint density at radius 3 is 2.82 bits per heavy atom. The van der Waals surface area contributed by atoms with Gasteiger partial charge in [0.05, 0.1) is 0 Å². The average Bonchev–Trinajstić information content (AvgIpc) is 2.36. The van der Waals surface area contributed by atoms with Crippen molar-refractivity contribution in [2.75, 3.05) is 26.7 Å². The molecule has 1 heterocycles. The standard InChI is InChI=1S/C9H20N2/c1-4-10-8(2)9-5-6-11(3)7-9/h8-10H,4-7H2,1-3H3/t8-,9?/m1/s1. The van der Waals surface area contributed by atoms with Gasteiger partial charge >= 0.3 is 0 Å². The molecular formula is C9H20N2. The minimum Gasteiger partial charge on any atom is -0.314 e. The molecule has 1 saturated heterocycles. The predicted octanol–water partition coefficient (Wildman–Crippen LogP) is 0.936. The SMILES string of the molecule is CCN[C@H](C)C1CCN(C)C1. The van der Waals surface area contributed by atoms with E-state index in [2.05, 4.69) is 31.1 Å². The van der Waals surface area contributed by atoms with Crippen LogP contribution < -0.4 is 5.32 Å². The van der Waals surface area contributed by atoms with Crippen LogP contribution in [0.2, 0.25) is 0 Å². The van der Waals surface area contributed by atoms with Gasteiger partial charge in [-0.15, -0.1) is 0 Å². The Kier molecular flexibility index (Phi) is 3.34. The van der Waals surface area contributed by atoms with Crippen LogP contribution in [0.15, 0.2) is 0 Å². The Morgan fingerprint density at radius 1 is 1.64 bits per heavy atom. The van der Waals surface area contributed by atoms with Gasteiger partial charge in [-0.25, -0.2) is 0 Å². The minimum atomic E-state index is 0.699. The van der Waals surface area contributed by atoms with Gasteiger partial charge in [-0.05, 0) is 39.4 Å². The highest BCUT2D eigenvalue weighted by Crippen LogP contribution is 2.17. The lowest BCUT2D eigenvalue weighted by atomic mass is 10.0. The zero-order chi connectivity index (χ0) is 8.27. The van der Waals surface area contributed by atoms with Gasteiger partial charge < -0.3 is 10.2 Å². The Morgan fingerprint density at radius 2 is 2.36 bits per heavy atom. The first-order valence-corrected chi connectivity index (χ1v) is 4.66. The van der Waals surface area contributed by atoms with Crippen LogP contribution in [0, 0.1) is 5.92 Å². The number of likely N-dealkylation sites (tertiary alicyclic amines) is 1. The van der Waals surface area contributed by atoms with Crippen molar-refractivity contribution in [1.29, 1.82) is 0 Å². The summed E-state index contributed by atoms with van der Waals surface area (Å²) in [6.45, 7) is 8.12. The fourth-order valence-electron chi connectivity index (χ4n) is 1.87. The molecule has 1 aliphatic rings. The average molecular weight is 156 g/mol. The van der Waals surface area contributed by atoms with Gasteiger partial charge in [0, 0.05) is 12.6 Å². The zero-order valence-electron chi connectivity index (χ0n) is 7.93. The second kappa shape index (κ2) is 4.07. The maximum atomic E-state index is 3.48. The Labute approximate surface area is 70.0 Å². The molecule has 1 unspecified atom stereocenters. The van der Waals surface area contributed by atoms with Crippen LogP contribution in [0.3, 0.4) is 0 Å². The van der Waals surface area contributed by atoms with E-state index in [1.165, 1.54) is 19.5 Å². The van der Waals surface area contributed by atoms with E-state index in [1.54, 1.807) is 0 Å². The second-order valence-electron chi connectivity index (χ2n) is 3.66. The molecule has 0 aliphatic carbocycles. The van der Waals surface area contributed by atoms with Gasteiger partial charge in [0.2, 0.25) is 0 Å². The van der Waals surface area contributed by atoms with Crippen molar-refractivity contribution < 1.29 is 0 Å². The van der Waals surface area contributed by atoms with Crippen LogP contribution in [0.1, 0.15) is 20.3 Å². The molecule has 1 aliphatic heterocycles. The second-order valence-corrected chi connectivity index (χ2v) is 3.66. The smallest absolute Gasteiger partial charge is 0.00795 e. The van der Waals surface area contributed by atoms with E-state index in [1.807, 2.05) is 0 Å². The van der Waals surface area contributed by atoms with E-state index < -0.39 is 0 Å². The van der Waals surface area contributed by atoms with Gasteiger partial charge in [-0.2, -0.15) is 0 Å². The molecule has 1 fully saturated rings. The summed E-state index contributed by atoms with van der Waals surface area (Å²) in [5.74, 6) is 0.875. The molecule has 0 amide bonds. The van der Waals surface area contributed by atoms with Gasteiger partial charge in [-0.1, -0.05) is 6.92 Å². The molecule has 0 radical (unpaired) electrons. The lowest BCUT2D eigenvalue weighted by Gasteiger charge is -2.19. The summed E-state index contributed by atoms with van der Waals surface area (Å²) < 4.78 is 0. The zero-order valence-corrected chi connectivity index (χ0v) is 7.93. The van der Waals surface area contributed by atoms with Crippen LogP contribution in [0.4, 0.5) is 0 Å². The normalized spacial score (nSPS) is 29.2. The lowest BCUT2D eigenvalue weighted by molar-refractivity contribution is 0.351. The van der Waals surface area contributed by atoms with E-state index >= 15 is 0 Å². The molecular weight excluding hydrogens is 136 g/mol. The molecule has 0 spiro atoms. The third-order valence-corrected chi connectivity index (χ3v) is 2.66. The largest absolute Gasteiger partial charge is 0.314 e.